The number of H-pyrrole nitrogens is 1. The summed E-state index contributed by atoms with van der Waals surface area (Å²) in [5.74, 6) is -0.699. The van der Waals surface area contributed by atoms with Gasteiger partial charge in [-0.15, -0.1) is 0 Å². The number of aromatic amines is 1. The van der Waals surface area contributed by atoms with Gasteiger partial charge in [-0.3, -0.25) is 19.4 Å². The van der Waals surface area contributed by atoms with Crippen molar-refractivity contribution in [1.82, 2.24) is 20.2 Å². The van der Waals surface area contributed by atoms with Crippen molar-refractivity contribution >= 4 is 22.7 Å². The molecular formula is C23H24N4O3. The lowest BCUT2D eigenvalue weighted by Crippen LogP contribution is -2.42. The van der Waals surface area contributed by atoms with Crippen LogP contribution in [0.3, 0.4) is 0 Å². The number of nitrogens with zero attached hydrogens (tertiary/aromatic N) is 2. The Morgan fingerprint density at radius 2 is 1.90 bits per heavy atom. The largest absolute Gasteiger partial charge is 0.360 e. The maximum absolute atomic E-state index is 13.0. The number of para-hydroxylation sites is 1. The fraction of sp³-hybridized carbons (Fsp3) is 0.304. The molecule has 1 atom stereocenters. The number of likely N-dealkylation sites (tertiary alicyclic amines) is 1. The fourth-order valence-corrected chi connectivity index (χ4v) is 4.03. The van der Waals surface area contributed by atoms with E-state index in [0.29, 0.717) is 17.4 Å². The molecule has 1 fully saturated rings. The molecule has 3 heterocycles. The standard InChI is InChI=1S/C23H24N4O3/c28-21(27-13-5-1-2-8-20(27)16-9-11-24-12-10-16)15-26-23(30)18-14-25-19-7-4-3-6-17(19)22(18)29/h3-4,6-7,9-12,14,20H,1-2,5,8,13,15H2,(H,25,29)(H,26,30). The molecule has 0 saturated carbocycles. The fourth-order valence-electron chi connectivity index (χ4n) is 4.03. The van der Waals surface area contributed by atoms with Crippen LogP contribution < -0.4 is 10.7 Å². The molecule has 2 N–H and O–H groups in total. The number of rotatable bonds is 4. The second kappa shape index (κ2) is 8.90. The topological polar surface area (TPSA) is 95.2 Å². The summed E-state index contributed by atoms with van der Waals surface area (Å²) in [7, 11) is 0. The molecule has 1 aromatic carbocycles. The van der Waals surface area contributed by atoms with Crippen LogP contribution in [0.5, 0.6) is 0 Å². The lowest BCUT2D eigenvalue weighted by Gasteiger charge is -2.30. The number of pyridine rings is 2. The van der Waals surface area contributed by atoms with E-state index in [1.165, 1.54) is 6.20 Å². The van der Waals surface area contributed by atoms with E-state index < -0.39 is 5.91 Å². The minimum atomic E-state index is -0.550. The summed E-state index contributed by atoms with van der Waals surface area (Å²) < 4.78 is 0. The number of hydrogen-bond donors (Lipinski definition) is 2. The third kappa shape index (κ3) is 4.10. The number of aromatic nitrogens is 2. The second-order valence-corrected chi connectivity index (χ2v) is 7.49. The highest BCUT2D eigenvalue weighted by molar-refractivity contribution is 5.98. The van der Waals surface area contributed by atoms with E-state index in [2.05, 4.69) is 15.3 Å². The third-order valence-electron chi connectivity index (χ3n) is 5.60. The maximum Gasteiger partial charge on any atom is 0.257 e. The van der Waals surface area contributed by atoms with Crippen LogP contribution in [0.25, 0.3) is 10.9 Å². The molecule has 0 bridgehead atoms. The Balaban J connectivity index is 1.48. The second-order valence-electron chi connectivity index (χ2n) is 7.49. The Hall–Kier alpha value is -3.48. The summed E-state index contributed by atoms with van der Waals surface area (Å²) in [5, 5.41) is 3.08. The normalized spacial score (nSPS) is 16.8. The first kappa shape index (κ1) is 19.8. The van der Waals surface area contributed by atoms with Gasteiger partial charge in [0.15, 0.2) is 0 Å². The predicted octanol–water partition coefficient (Wildman–Crippen LogP) is 2.80. The first-order valence-corrected chi connectivity index (χ1v) is 10.2. The van der Waals surface area contributed by atoms with E-state index in [-0.39, 0.29) is 29.5 Å². The monoisotopic (exact) mass is 404 g/mol. The van der Waals surface area contributed by atoms with Crippen LogP contribution in [0.1, 0.15) is 47.6 Å². The highest BCUT2D eigenvalue weighted by atomic mass is 16.2. The molecule has 2 aromatic heterocycles. The number of hydrogen-bond acceptors (Lipinski definition) is 4. The zero-order chi connectivity index (χ0) is 20.9. The predicted molar refractivity (Wildman–Crippen MR) is 114 cm³/mol. The number of amides is 2. The Morgan fingerprint density at radius 1 is 1.10 bits per heavy atom. The van der Waals surface area contributed by atoms with Gasteiger partial charge in [0.2, 0.25) is 11.3 Å². The van der Waals surface area contributed by atoms with E-state index in [9.17, 15) is 14.4 Å². The van der Waals surface area contributed by atoms with Gasteiger partial charge in [-0.25, -0.2) is 0 Å². The average molecular weight is 404 g/mol. The molecule has 1 unspecified atom stereocenters. The number of carbonyl (C=O) groups is 2. The molecule has 3 aromatic rings. The number of nitrogens with one attached hydrogen (secondary N) is 2. The molecule has 30 heavy (non-hydrogen) atoms. The third-order valence-corrected chi connectivity index (χ3v) is 5.60. The summed E-state index contributed by atoms with van der Waals surface area (Å²) in [5.41, 5.74) is 1.37. The zero-order valence-corrected chi connectivity index (χ0v) is 16.6. The molecule has 2 amide bonds. The van der Waals surface area contributed by atoms with Crippen molar-refractivity contribution in [2.45, 2.75) is 31.7 Å². The summed E-state index contributed by atoms with van der Waals surface area (Å²) in [6.07, 6.45) is 8.81. The highest BCUT2D eigenvalue weighted by Gasteiger charge is 2.27. The van der Waals surface area contributed by atoms with Gasteiger partial charge in [-0.05, 0) is 42.7 Å². The molecule has 7 nitrogen and oxygen atoms in total. The van der Waals surface area contributed by atoms with Gasteiger partial charge in [-0.2, -0.15) is 0 Å². The van der Waals surface area contributed by atoms with E-state index in [1.807, 2.05) is 23.1 Å². The summed E-state index contributed by atoms with van der Waals surface area (Å²) >= 11 is 0. The molecule has 0 spiro atoms. The highest BCUT2D eigenvalue weighted by Crippen LogP contribution is 2.29. The summed E-state index contributed by atoms with van der Waals surface area (Å²) in [6.45, 7) is 0.505. The molecule has 7 heteroatoms. The average Bonchev–Trinajstić information content (AvgIpc) is 3.04. The van der Waals surface area contributed by atoms with Gasteiger partial charge in [0.1, 0.15) is 5.56 Å². The van der Waals surface area contributed by atoms with Gasteiger partial charge in [-0.1, -0.05) is 25.0 Å². The lowest BCUT2D eigenvalue weighted by atomic mass is 10.0. The lowest BCUT2D eigenvalue weighted by molar-refractivity contribution is -0.132. The minimum absolute atomic E-state index is 0.00282. The number of benzene rings is 1. The Morgan fingerprint density at radius 3 is 2.73 bits per heavy atom. The molecular weight excluding hydrogens is 380 g/mol. The van der Waals surface area contributed by atoms with Crippen LogP contribution >= 0.6 is 0 Å². The van der Waals surface area contributed by atoms with E-state index >= 15 is 0 Å². The van der Waals surface area contributed by atoms with Crippen molar-refractivity contribution in [2.75, 3.05) is 13.1 Å². The van der Waals surface area contributed by atoms with E-state index in [0.717, 1.165) is 31.2 Å². The van der Waals surface area contributed by atoms with Crippen molar-refractivity contribution in [1.29, 1.82) is 0 Å². The molecule has 0 radical (unpaired) electrons. The van der Waals surface area contributed by atoms with Crippen LogP contribution in [-0.2, 0) is 4.79 Å². The van der Waals surface area contributed by atoms with Crippen LogP contribution in [0, 0.1) is 0 Å². The van der Waals surface area contributed by atoms with Crippen molar-refractivity contribution < 1.29 is 9.59 Å². The van der Waals surface area contributed by atoms with Crippen molar-refractivity contribution in [2.24, 2.45) is 0 Å². The quantitative estimate of drug-likeness (QED) is 0.699. The van der Waals surface area contributed by atoms with Gasteiger partial charge >= 0.3 is 0 Å². The van der Waals surface area contributed by atoms with Crippen LogP contribution in [0.15, 0.2) is 59.8 Å². The SMILES string of the molecule is O=C(NCC(=O)N1CCCCCC1c1ccncc1)c1c[nH]c2ccccc2c1=O. The van der Waals surface area contributed by atoms with Crippen molar-refractivity contribution in [3.63, 3.8) is 0 Å². The summed E-state index contributed by atoms with van der Waals surface area (Å²) in [6, 6.07) is 10.9. The number of fused-ring (bicyclic) bond motifs is 1. The molecule has 4 rings (SSSR count). The van der Waals surface area contributed by atoms with E-state index in [1.54, 1.807) is 30.6 Å². The first-order valence-electron chi connectivity index (χ1n) is 10.2. The van der Waals surface area contributed by atoms with Gasteiger partial charge < -0.3 is 15.2 Å². The molecule has 1 aliphatic rings. The minimum Gasteiger partial charge on any atom is -0.360 e. The molecule has 0 aliphatic carbocycles. The molecule has 1 aliphatic heterocycles. The Bertz CT molecular complexity index is 1110. The van der Waals surface area contributed by atoms with E-state index in [4.69, 9.17) is 0 Å². The molecule has 154 valence electrons. The van der Waals surface area contributed by atoms with Crippen molar-refractivity contribution in [3.8, 4) is 0 Å². The van der Waals surface area contributed by atoms with Crippen LogP contribution in [0.2, 0.25) is 0 Å². The van der Waals surface area contributed by atoms with Gasteiger partial charge in [0.25, 0.3) is 5.91 Å². The van der Waals surface area contributed by atoms with Crippen molar-refractivity contribution in [3.05, 3.63) is 76.3 Å². The van der Waals surface area contributed by atoms with Crippen LogP contribution in [-0.4, -0.2) is 39.8 Å². The van der Waals surface area contributed by atoms with Crippen LogP contribution in [0.4, 0.5) is 0 Å². The Kier molecular flexibility index (Phi) is 5.88. The smallest absolute Gasteiger partial charge is 0.257 e. The van der Waals surface area contributed by atoms with Gasteiger partial charge in [0, 0.05) is 36.0 Å². The molecule has 1 saturated heterocycles. The van der Waals surface area contributed by atoms with Gasteiger partial charge in [0.05, 0.1) is 12.6 Å². The zero-order valence-electron chi connectivity index (χ0n) is 16.6. The maximum atomic E-state index is 13.0. The number of carbonyl (C=O) groups excluding carboxylic acids is 2. The summed E-state index contributed by atoms with van der Waals surface area (Å²) in [4.78, 5) is 47.1. The first-order chi connectivity index (χ1) is 14.6. The Labute approximate surface area is 174 Å².